The van der Waals surface area contributed by atoms with E-state index in [1.54, 1.807) is 48.5 Å². The predicted molar refractivity (Wildman–Crippen MR) is 127 cm³/mol. The Hall–Kier alpha value is -3.85. The number of phenols is 1. The van der Waals surface area contributed by atoms with Crippen molar-refractivity contribution in [2.45, 2.75) is 31.2 Å². The number of nitrogens with zero attached hydrogens (tertiary/aromatic N) is 1. The lowest BCUT2D eigenvalue weighted by Gasteiger charge is -2.22. The van der Waals surface area contributed by atoms with Crippen LogP contribution in [0.3, 0.4) is 0 Å². The molecule has 1 amide bonds. The van der Waals surface area contributed by atoms with Crippen LogP contribution < -0.4 is 5.32 Å². The standard InChI is InChI=1S/C27H25F3N2O4/c1-36-26(35)24-14-20(16-32(24)15-17-6-12-21(33)13-7-17)31-25(34)23-5-3-2-4-22(23)18-8-10-19(11-9-18)27(28,29)30/h2-13,20,24,33H,14-16H2,1H3,(H,31,34)/t20-,24+/m1/s1. The zero-order valence-corrected chi connectivity index (χ0v) is 19.5. The highest BCUT2D eigenvalue weighted by molar-refractivity contribution is 6.01. The SMILES string of the molecule is COC(=O)[C@@H]1C[C@@H](NC(=O)c2ccccc2-c2ccc(C(F)(F)F)cc2)CN1Cc1ccc(O)cc1. The number of ether oxygens (including phenoxy) is 1. The van der Waals surface area contributed by atoms with Crippen LogP contribution in [0.5, 0.6) is 5.75 Å². The third-order valence-electron chi connectivity index (χ3n) is 6.23. The molecule has 0 aliphatic carbocycles. The molecule has 0 saturated carbocycles. The Morgan fingerprint density at radius 3 is 2.33 bits per heavy atom. The van der Waals surface area contributed by atoms with Crippen LogP contribution in [-0.4, -0.2) is 47.6 Å². The van der Waals surface area contributed by atoms with Gasteiger partial charge in [0.1, 0.15) is 11.8 Å². The minimum Gasteiger partial charge on any atom is -0.508 e. The summed E-state index contributed by atoms with van der Waals surface area (Å²) < 4.78 is 43.8. The van der Waals surface area contributed by atoms with Crippen LogP contribution in [0.15, 0.2) is 72.8 Å². The molecule has 0 spiro atoms. The second-order valence-corrected chi connectivity index (χ2v) is 8.66. The molecule has 1 aliphatic rings. The molecule has 0 bridgehead atoms. The van der Waals surface area contributed by atoms with Crippen LogP contribution in [0.1, 0.15) is 27.9 Å². The first kappa shape index (κ1) is 25.2. The minimum absolute atomic E-state index is 0.140. The molecule has 36 heavy (non-hydrogen) atoms. The number of benzene rings is 3. The highest BCUT2D eigenvalue weighted by Crippen LogP contribution is 2.32. The summed E-state index contributed by atoms with van der Waals surface area (Å²) in [6.45, 7) is 0.823. The number of hydrogen-bond donors (Lipinski definition) is 2. The van der Waals surface area contributed by atoms with Gasteiger partial charge < -0.3 is 15.2 Å². The number of alkyl halides is 3. The first-order chi connectivity index (χ1) is 17.2. The molecule has 2 N–H and O–H groups in total. The zero-order valence-electron chi connectivity index (χ0n) is 19.5. The molecule has 1 aliphatic heterocycles. The minimum atomic E-state index is -4.44. The fraction of sp³-hybridized carbons (Fsp3) is 0.259. The number of amides is 1. The van der Waals surface area contributed by atoms with Gasteiger partial charge in [0, 0.05) is 24.7 Å². The molecule has 0 radical (unpaired) electrons. The lowest BCUT2D eigenvalue weighted by molar-refractivity contribution is -0.146. The maximum atomic E-state index is 13.2. The average molecular weight is 499 g/mol. The quantitative estimate of drug-likeness (QED) is 0.485. The van der Waals surface area contributed by atoms with Gasteiger partial charge in [-0.25, -0.2) is 0 Å². The van der Waals surface area contributed by atoms with Gasteiger partial charge in [-0.1, -0.05) is 42.5 Å². The van der Waals surface area contributed by atoms with Crippen LogP contribution in [0.4, 0.5) is 13.2 Å². The van der Waals surface area contributed by atoms with Crippen molar-refractivity contribution in [1.82, 2.24) is 10.2 Å². The average Bonchev–Trinajstić information content (AvgIpc) is 3.26. The van der Waals surface area contributed by atoms with Crippen LogP contribution >= 0.6 is 0 Å². The number of halogens is 3. The number of carbonyl (C=O) groups excluding carboxylic acids is 2. The maximum Gasteiger partial charge on any atom is 0.416 e. The number of phenolic OH excluding ortho intramolecular Hbond substituents is 1. The fourth-order valence-corrected chi connectivity index (χ4v) is 4.43. The van der Waals surface area contributed by atoms with Crippen LogP contribution in [0, 0.1) is 0 Å². The number of nitrogens with one attached hydrogen (secondary N) is 1. The Labute approximate surface area is 206 Å². The molecular weight excluding hydrogens is 473 g/mol. The lowest BCUT2D eigenvalue weighted by Crippen LogP contribution is -2.37. The number of aromatic hydroxyl groups is 1. The van der Waals surface area contributed by atoms with Crippen molar-refractivity contribution in [2.75, 3.05) is 13.7 Å². The van der Waals surface area contributed by atoms with E-state index in [0.29, 0.717) is 36.2 Å². The van der Waals surface area contributed by atoms with Crippen molar-refractivity contribution in [2.24, 2.45) is 0 Å². The lowest BCUT2D eigenvalue weighted by atomic mass is 9.98. The van der Waals surface area contributed by atoms with Gasteiger partial charge in [-0.3, -0.25) is 14.5 Å². The second-order valence-electron chi connectivity index (χ2n) is 8.66. The van der Waals surface area contributed by atoms with E-state index in [2.05, 4.69) is 5.32 Å². The fourth-order valence-electron chi connectivity index (χ4n) is 4.43. The summed E-state index contributed by atoms with van der Waals surface area (Å²) in [5.41, 5.74) is 1.45. The van der Waals surface area contributed by atoms with Crippen molar-refractivity contribution in [3.05, 3.63) is 89.5 Å². The number of esters is 1. The summed E-state index contributed by atoms with van der Waals surface area (Å²) in [6.07, 6.45) is -4.10. The molecule has 1 saturated heterocycles. The first-order valence-electron chi connectivity index (χ1n) is 11.3. The number of hydrogen-bond acceptors (Lipinski definition) is 5. The number of rotatable bonds is 6. The van der Waals surface area contributed by atoms with Crippen molar-refractivity contribution in [3.63, 3.8) is 0 Å². The largest absolute Gasteiger partial charge is 0.508 e. The molecule has 1 heterocycles. The van der Waals surface area contributed by atoms with Gasteiger partial charge in [0.05, 0.1) is 12.7 Å². The van der Waals surface area contributed by atoms with Gasteiger partial charge in [0.15, 0.2) is 0 Å². The van der Waals surface area contributed by atoms with Crippen molar-refractivity contribution in [1.29, 1.82) is 0 Å². The van der Waals surface area contributed by atoms with Crippen molar-refractivity contribution in [3.8, 4) is 16.9 Å². The molecule has 6 nitrogen and oxygen atoms in total. The number of carbonyl (C=O) groups is 2. The third kappa shape index (κ3) is 5.68. The molecule has 3 aromatic rings. The molecule has 0 aromatic heterocycles. The molecule has 4 rings (SSSR count). The van der Waals surface area contributed by atoms with E-state index in [9.17, 15) is 27.9 Å². The Morgan fingerprint density at radius 2 is 1.69 bits per heavy atom. The smallest absolute Gasteiger partial charge is 0.416 e. The van der Waals surface area contributed by atoms with Crippen molar-refractivity contribution < 1.29 is 32.6 Å². The van der Waals surface area contributed by atoms with Crippen LogP contribution in [0.2, 0.25) is 0 Å². The van der Waals surface area contributed by atoms with Crippen LogP contribution in [-0.2, 0) is 22.3 Å². The number of methoxy groups -OCH3 is 1. The summed E-state index contributed by atoms with van der Waals surface area (Å²) in [5, 5.41) is 12.5. The summed E-state index contributed by atoms with van der Waals surface area (Å²) >= 11 is 0. The molecule has 9 heteroatoms. The van der Waals surface area contributed by atoms with Gasteiger partial charge in [-0.2, -0.15) is 13.2 Å². The summed E-state index contributed by atoms with van der Waals surface area (Å²) in [5.74, 6) is -0.650. The first-order valence-corrected chi connectivity index (χ1v) is 11.3. The Morgan fingerprint density at radius 1 is 1.03 bits per heavy atom. The molecule has 1 fully saturated rings. The van der Waals surface area contributed by atoms with Gasteiger partial charge in [-0.05, 0) is 53.4 Å². The Kier molecular flexibility index (Phi) is 7.30. The van der Waals surface area contributed by atoms with Crippen molar-refractivity contribution >= 4 is 11.9 Å². The molecule has 3 aromatic carbocycles. The summed E-state index contributed by atoms with van der Waals surface area (Å²) in [4.78, 5) is 27.5. The van der Waals surface area contributed by atoms with E-state index < -0.39 is 23.8 Å². The van der Waals surface area contributed by atoms with Gasteiger partial charge in [0.25, 0.3) is 5.91 Å². The molecular formula is C27H25F3N2O4. The van der Waals surface area contributed by atoms with E-state index in [1.807, 2.05) is 4.90 Å². The van der Waals surface area contributed by atoms with Crippen LogP contribution in [0.25, 0.3) is 11.1 Å². The van der Waals surface area contributed by atoms with E-state index in [1.165, 1.54) is 19.2 Å². The summed E-state index contributed by atoms with van der Waals surface area (Å²) in [6, 6.07) is 17.1. The van der Waals surface area contributed by atoms with E-state index >= 15 is 0 Å². The number of likely N-dealkylation sites (tertiary alicyclic amines) is 1. The molecule has 2 atom stereocenters. The summed E-state index contributed by atoms with van der Waals surface area (Å²) in [7, 11) is 1.31. The predicted octanol–water partition coefficient (Wildman–Crippen LogP) is 4.62. The normalized spacial score (nSPS) is 18.1. The van der Waals surface area contributed by atoms with E-state index in [-0.39, 0.29) is 17.7 Å². The van der Waals surface area contributed by atoms with E-state index in [4.69, 9.17) is 4.74 Å². The zero-order chi connectivity index (χ0) is 25.9. The van der Waals surface area contributed by atoms with Gasteiger partial charge >= 0.3 is 12.1 Å². The van der Waals surface area contributed by atoms with Gasteiger partial charge in [-0.15, -0.1) is 0 Å². The van der Waals surface area contributed by atoms with E-state index in [0.717, 1.165) is 17.7 Å². The molecule has 0 unspecified atom stereocenters. The topological polar surface area (TPSA) is 78.9 Å². The Bertz CT molecular complexity index is 1230. The highest BCUT2D eigenvalue weighted by Gasteiger charge is 2.38. The molecule has 188 valence electrons. The highest BCUT2D eigenvalue weighted by atomic mass is 19.4. The Balaban J connectivity index is 1.51. The second kappa shape index (κ2) is 10.4. The third-order valence-corrected chi connectivity index (χ3v) is 6.23. The monoisotopic (exact) mass is 498 g/mol. The maximum absolute atomic E-state index is 13.2. The van der Waals surface area contributed by atoms with Gasteiger partial charge in [0.2, 0.25) is 0 Å².